The van der Waals surface area contributed by atoms with Crippen LogP contribution in [0, 0.1) is 0 Å². The third kappa shape index (κ3) is 5.19. The summed E-state index contributed by atoms with van der Waals surface area (Å²) in [7, 11) is 5.62. The molecule has 1 aliphatic heterocycles. The Morgan fingerprint density at radius 1 is 1.07 bits per heavy atom. The first-order chi connectivity index (χ1) is 14.5. The first-order valence-electron chi connectivity index (χ1n) is 10.4. The number of benzene rings is 2. The van der Waals surface area contributed by atoms with E-state index in [1.165, 1.54) is 0 Å². The van der Waals surface area contributed by atoms with Crippen LogP contribution in [0.4, 0.5) is 0 Å². The van der Waals surface area contributed by atoms with Crippen LogP contribution >= 0.6 is 0 Å². The number of nitrogens with zero attached hydrogens (tertiary/aromatic N) is 2. The lowest BCUT2D eigenvalue weighted by Crippen LogP contribution is -2.47. The van der Waals surface area contributed by atoms with Gasteiger partial charge in [0.1, 0.15) is 11.8 Å². The number of ether oxygens (including phenoxy) is 1. The maximum Gasteiger partial charge on any atom is 0.247 e. The first-order valence-corrected chi connectivity index (χ1v) is 10.4. The predicted octanol–water partition coefficient (Wildman–Crippen LogP) is 3.17. The molecular weight excluding hydrogens is 378 g/mol. The average molecular weight is 410 g/mol. The molecule has 6 heteroatoms. The zero-order chi connectivity index (χ0) is 21.5. The molecule has 0 spiro atoms. The lowest BCUT2D eigenvalue weighted by atomic mass is 10.00. The Labute approximate surface area is 178 Å². The number of piperidine rings is 1. The molecular formula is C24H31N3O3. The van der Waals surface area contributed by atoms with Gasteiger partial charge in [-0.15, -0.1) is 0 Å². The van der Waals surface area contributed by atoms with E-state index in [0.717, 1.165) is 29.7 Å². The molecule has 2 aromatic rings. The van der Waals surface area contributed by atoms with Crippen molar-refractivity contribution in [3.8, 4) is 5.75 Å². The number of likely N-dealkylation sites (N-methyl/N-ethyl adjacent to an activating group) is 1. The summed E-state index contributed by atoms with van der Waals surface area (Å²) in [6.45, 7) is 1.06. The normalized spacial score (nSPS) is 16.3. The molecule has 0 saturated carbocycles. The Balaban J connectivity index is 1.77. The van der Waals surface area contributed by atoms with Crippen molar-refractivity contribution >= 4 is 11.8 Å². The molecule has 2 atom stereocenters. The summed E-state index contributed by atoms with van der Waals surface area (Å²) in [4.78, 5) is 29.7. The SMILES string of the molecule is COc1ccc(C(CNC(=O)C(c2ccccc2)N2CCCCC2=O)N(C)C)cc1. The Kier molecular flexibility index (Phi) is 7.46. The molecule has 0 radical (unpaired) electrons. The smallest absolute Gasteiger partial charge is 0.247 e. The van der Waals surface area contributed by atoms with Gasteiger partial charge in [-0.05, 0) is 50.2 Å². The van der Waals surface area contributed by atoms with Crippen LogP contribution in [0.5, 0.6) is 5.75 Å². The molecule has 30 heavy (non-hydrogen) atoms. The topological polar surface area (TPSA) is 61.9 Å². The van der Waals surface area contributed by atoms with Crippen LogP contribution in [0.2, 0.25) is 0 Å². The molecule has 0 aromatic heterocycles. The molecule has 1 aliphatic rings. The molecule has 2 amide bonds. The van der Waals surface area contributed by atoms with Gasteiger partial charge in [-0.3, -0.25) is 9.59 Å². The fourth-order valence-corrected chi connectivity index (χ4v) is 3.93. The van der Waals surface area contributed by atoms with E-state index in [0.29, 0.717) is 19.5 Å². The second-order valence-electron chi connectivity index (χ2n) is 7.86. The van der Waals surface area contributed by atoms with Crippen LogP contribution in [0.25, 0.3) is 0 Å². The summed E-state index contributed by atoms with van der Waals surface area (Å²) in [5, 5.41) is 3.10. The summed E-state index contributed by atoms with van der Waals surface area (Å²) < 4.78 is 5.24. The van der Waals surface area contributed by atoms with Crippen molar-refractivity contribution in [1.29, 1.82) is 0 Å². The Hall–Kier alpha value is -2.86. The molecule has 2 aromatic carbocycles. The molecule has 6 nitrogen and oxygen atoms in total. The van der Waals surface area contributed by atoms with E-state index >= 15 is 0 Å². The Morgan fingerprint density at radius 3 is 2.37 bits per heavy atom. The lowest BCUT2D eigenvalue weighted by Gasteiger charge is -2.34. The monoisotopic (exact) mass is 409 g/mol. The van der Waals surface area contributed by atoms with Gasteiger partial charge in [-0.25, -0.2) is 0 Å². The second kappa shape index (κ2) is 10.3. The molecule has 1 heterocycles. The highest BCUT2D eigenvalue weighted by Crippen LogP contribution is 2.26. The zero-order valence-corrected chi connectivity index (χ0v) is 18.0. The van der Waals surface area contributed by atoms with E-state index in [4.69, 9.17) is 4.74 Å². The van der Waals surface area contributed by atoms with E-state index < -0.39 is 6.04 Å². The highest BCUT2D eigenvalue weighted by atomic mass is 16.5. The van der Waals surface area contributed by atoms with Gasteiger partial charge in [0, 0.05) is 19.5 Å². The number of amides is 2. The number of likely N-dealkylation sites (tertiary alicyclic amines) is 1. The molecule has 1 N–H and O–H groups in total. The quantitative estimate of drug-likeness (QED) is 0.728. The highest BCUT2D eigenvalue weighted by Gasteiger charge is 2.33. The van der Waals surface area contributed by atoms with Crippen LogP contribution < -0.4 is 10.1 Å². The van der Waals surface area contributed by atoms with Gasteiger partial charge in [0.2, 0.25) is 11.8 Å². The highest BCUT2D eigenvalue weighted by molar-refractivity contribution is 5.89. The molecule has 3 rings (SSSR count). The minimum absolute atomic E-state index is 0.00772. The van der Waals surface area contributed by atoms with Crippen molar-refractivity contribution in [3.05, 3.63) is 65.7 Å². The number of rotatable bonds is 8. The standard InChI is InChI=1S/C24H31N3O3/c1-26(2)21(18-12-14-20(30-3)15-13-18)17-25-24(29)23(19-9-5-4-6-10-19)27-16-8-7-11-22(27)28/h4-6,9-10,12-15,21,23H,7-8,11,16-17H2,1-3H3,(H,25,29). The van der Waals surface area contributed by atoms with Crippen LogP contribution in [0.3, 0.4) is 0 Å². The van der Waals surface area contributed by atoms with Gasteiger partial charge in [-0.2, -0.15) is 0 Å². The van der Waals surface area contributed by atoms with Crippen molar-refractivity contribution < 1.29 is 14.3 Å². The van der Waals surface area contributed by atoms with Gasteiger partial charge in [0.25, 0.3) is 0 Å². The van der Waals surface area contributed by atoms with Gasteiger partial charge >= 0.3 is 0 Å². The Bertz CT molecular complexity index is 837. The Morgan fingerprint density at radius 2 is 1.77 bits per heavy atom. The van der Waals surface area contributed by atoms with Gasteiger partial charge in [-0.1, -0.05) is 42.5 Å². The molecule has 1 saturated heterocycles. The van der Waals surface area contributed by atoms with Gasteiger partial charge in [0.15, 0.2) is 0 Å². The van der Waals surface area contributed by atoms with E-state index in [-0.39, 0.29) is 17.9 Å². The van der Waals surface area contributed by atoms with Crippen molar-refractivity contribution in [1.82, 2.24) is 15.1 Å². The average Bonchev–Trinajstić information content (AvgIpc) is 2.76. The zero-order valence-electron chi connectivity index (χ0n) is 18.0. The largest absolute Gasteiger partial charge is 0.497 e. The van der Waals surface area contributed by atoms with E-state index in [2.05, 4.69) is 10.2 Å². The summed E-state index contributed by atoms with van der Waals surface area (Å²) >= 11 is 0. The first kappa shape index (κ1) is 21.8. The third-order valence-electron chi connectivity index (χ3n) is 5.63. The van der Waals surface area contributed by atoms with Gasteiger partial charge in [0.05, 0.1) is 13.2 Å². The number of carbonyl (C=O) groups excluding carboxylic acids is 2. The fraction of sp³-hybridized carbons (Fsp3) is 0.417. The minimum Gasteiger partial charge on any atom is -0.497 e. The molecule has 160 valence electrons. The number of nitrogens with one attached hydrogen (secondary N) is 1. The van der Waals surface area contributed by atoms with E-state index in [9.17, 15) is 9.59 Å². The van der Waals surface area contributed by atoms with E-state index in [1.54, 1.807) is 12.0 Å². The van der Waals surface area contributed by atoms with E-state index in [1.807, 2.05) is 68.7 Å². The number of hydrogen-bond donors (Lipinski definition) is 1. The van der Waals surface area contributed by atoms with Crippen molar-refractivity contribution in [2.45, 2.75) is 31.3 Å². The van der Waals surface area contributed by atoms with Crippen LogP contribution in [0.15, 0.2) is 54.6 Å². The molecule has 2 unspecified atom stereocenters. The summed E-state index contributed by atoms with van der Waals surface area (Å²) in [6, 6.07) is 16.8. The van der Waals surface area contributed by atoms with Crippen LogP contribution in [-0.2, 0) is 9.59 Å². The lowest BCUT2D eigenvalue weighted by molar-refractivity contribution is -0.142. The van der Waals surface area contributed by atoms with Crippen molar-refractivity contribution in [2.75, 3.05) is 34.3 Å². The van der Waals surface area contributed by atoms with Crippen molar-refractivity contribution in [3.63, 3.8) is 0 Å². The predicted molar refractivity (Wildman–Crippen MR) is 117 cm³/mol. The second-order valence-corrected chi connectivity index (χ2v) is 7.86. The summed E-state index contributed by atoms with van der Waals surface area (Å²) in [5.74, 6) is 0.703. The summed E-state index contributed by atoms with van der Waals surface area (Å²) in [6.07, 6.45) is 2.32. The van der Waals surface area contributed by atoms with Crippen molar-refractivity contribution in [2.24, 2.45) is 0 Å². The third-order valence-corrected chi connectivity index (χ3v) is 5.63. The molecule has 1 fully saturated rings. The minimum atomic E-state index is -0.599. The molecule has 0 aliphatic carbocycles. The van der Waals surface area contributed by atoms with Gasteiger partial charge < -0.3 is 19.9 Å². The molecule has 0 bridgehead atoms. The number of hydrogen-bond acceptors (Lipinski definition) is 4. The maximum atomic E-state index is 13.3. The van der Waals surface area contributed by atoms with Crippen LogP contribution in [0.1, 0.15) is 42.5 Å². The number of carbonyl (C=O) groups is 2. The maximum absolute atomic E-state index is 13.3. The summed E-state index contributed by atoms with van der Waals surface area (Å²) in [5.41, 5.74) is 1.93. The van der Waals surface area contributed by atoms with Crippen LogP contribution in [-0.4, -0.2) is 55.9 Å². The number of methoxy groups -OCH3 is 1. The fourth-order valence-electron chi connectivity index (χ4n) is 3.93.